The lowest BCUT2D eigenvalue weighted by atomic mass is 9.96. The predicted molar refractivity (Wildman–Crippen MR) is 252 cm³/mol. The van der Waals surface area contributed by atoms with Crippen LogP contribution in [0.1, 0.15) is 77.8 Å². The Bertz CT molecular complexity index is 2200. The number of ether oxygens (including phenoxy) is 1. The largest absolute Gasteiger partial charge is 0.467 e. The number of aromatic nitrogens is 1. The highest BCUT2D eigenvalue weighted by Gasteiger charge is 2.39. The molecule has 4 rings (SSSR count). The number of esters is 1. The van der Waals surface area contributed by atoms with Crippen molar-refractivity contribution in [2.45, 2.75) is 128 Å². The van der Waals surface area contributed by atoms with Crippen molar-refractivity contribution in [1.29, 1.82) is 0 Å². The van der Waals surface area contributed by atoms with Crippen molar-refractivity contribution in [2.75, 3.05) is 26.8 Å². The van der Waals surface area contributed by atoms with E-state index in [1.807, 2.05) is 38.1 Å². The molecule has 0 saturated carbocycles. The summed E-state index contributed by atoms with van der Waals surface area (Å²) in [6.45, 7) is 8.00. The molecule has 1 aliphatic heterocycles. The van der Waals surface area contributed by atoms with Gasteiger partial charge in [-0.2, -0.15) is 0 Å². The maximum Gasteiger partial charge on any atom is 0.328 e. The topological polar surface area (TPSA) is 303 Å². The molecule has 7 amide bonds. The van der Waals surface area contributed by atoms with Gasteiger partial charge < -0.3 is 57.6 Å². The van der Waals surface area contributed by atoms with E-state index in [4.69, 9.17) is 10.5 Å². The molecule has 2 heterocycles. The molecule has 3 aromatic rings. The number of amides is 7. The summed E-state index contributed by atoms with van der Waals surface area (Å²) in [5, 5.41) is 38.4. The number of benzene rings is 2. The van der Waals surface area contributed by atoms with Crippen molar-refractivity contribution in [2.24, 2.45) is 17.6 Å². The molecule has 2 aromatic carbocycles. The first-order chi connectivity index (χ1) is 32.3. The van der Waals surface area contributed by atoms with Crippen LogP contribution in [0, 0.1) is 11.8 Å². The molecule has 0 bridgehead atoms. The molecule has 0 spiro atoms. The number of para-hydroxylation sites is 1. The minimum atomic E-state index is -1.55. The molecule has 20 nitrogen and oxygen atoms in total. The van der Waals surface area contributed by atoms with E-state index in [0.717, 1.165) is 29.0 Å². The molecule has 0 radical (unpaired) electrons. The molecule has 68 heavy (non-hydrogen) atoms. The van der Waals surface area contributed by atoms with Gasteiger partial charge in [-0.1, -0.05) is 82.6 Å². The minimum absolute atomic E-state index is 0.0865. The second-order valence-corrected chi connectivity index (χ2v) is 17.9. The average molecular weight is 948 g/mol. The number of aliphatic hydroxyl groups excluding tert-OH is 2. The van der Waals surface area contributed by atoms with E-state index in [0.29, 0.717) is 25.8 Å². The van der Waals surface area contributed by atoms with Gasteiger partial charge in [0.05, 0.1) is 38.3 Å². The molecular weight excluding hydrogens is 879 g/mol. The Kier molecular flexibility index (Phi) is 20.9. The van der Waals surface area contributed by atoms with Crippen LogP contribution in [-0.2, 0) is 55.9 Å². The Hall–Kier alpha value is -6.38. The van der Waals surface area contributed by atoms with E-state index in [-0.39, 0.29) is 37.6 Å². The van der Waals surface area contributed by atoms with Crippen LogP contribution < -0.4 is 37.6 Å². The fraction of sp³-hybridized carbons (Fsp3) is 0.542. The quantitative estimate of drug-likeness (QED) is 0.0470. The Labute approximate surface area is 396 Å². The Morgan fingerprint density at radius 1 is 0.809 bits per heavy atom. The standard InChI is InChI=1S/C48H69N9O11/c1-7-28(4)42(47(66)55-37(48(67)68-6)22-31-24-50-33-17-12-11-16-32(31)33)56-46(65)39-18-13-19-57(39)25-40(60)34(21-30-14-9-8-10-15-30)52-44(63)36(23-41(49)61)54-43(62)35(20-27(2)3)53-45(64)38(26-58)51-29(5)59/h8-12,14-17,24,27-28,34-40,42,50,58,60H,7,13,18-23,25-26H2,1-6H3,(H2,49,61)(H,51,59)(H,52,63)(H,53,64)(H,54,62)(H,55,66)(H,56,65)/t28?,34-,35?,36?,37?,38?,39?,40?,42?/m0/s1. The normalized spacial score (nSPS) is 17.3. The second-order valence-electron chi connectivity index (χ2n) is 17.9. The molecule has 9 atom stereocenters. The number of carbonyl (C=O) groups is 8. The van der Waals surface area contributed by atoms with Gasteiger partial charge in [0, 0.05) is 37.0 Å². The van der Waals surface area contributed by atoms with Crippen LogP contribution in [0.4, 0.5) is 0 Å². The maximum absolute atomic E-state index is 14.2. The van der Waals surface area contributed by atoms with E-state index in [1.165, 1.54) is 7.11 Å². The summed E-state index contributed by atoms with van der Waals surface area (Å²) in [5.41, 5.74) is 7.93. The highest BCUT2D eigenvalue weighted by molar-refractivity contribution is 5.96. The Morgan fingerprint density at radius 2 is 1.44 bits per heavy atom. The third kappa shape index (κ3) is 15.9. The van der Waals surface area contributed by atoms with Gasteiger partial charge in [-0.3, -0.25) is 38.5 Å². The van der Waals surface area contributed by atoms with Crippen LogP contribution in [0.2, 0.25) is 0 Å². The number of H-pyrrole nitrogens is 1. The zero-order valence-corrected chi connectivity index (χ0v) is 39.7. The van der Waals surface area contributed by atoms with Crippen LogP contribution in [0.15, 0.2) is 60.8 Å². The van der Waals surface area contributed by atoms with Gasteiger partial charge in [-0.05, 0) is 61.3 Å². The Balaban J connectivity index is 1.51. The first-order valence-electron chi connectivity index (χ1n) is 23.1. The zero-order chi connectivity index (χ0) is 50.1. The lowest BCUT2D eigenvalue weighted by Crippen LogP contribution is -2.60. The van der Waals surface area contributed by atoms with Crippen LogP contribution >= 0.6 is 0 Å². The summed E-state index contributed by atoms with van der Waals surface area (Å²) in [4.78, 5) is 111. The second kappa shape index (κ2) is 26.2. The number of rotatable bonds is 26. The number of methoxy groups -OCH3 is 1. The molecule has 372 valence electrons. The number of aliphatic hydroxyl groups is 2. The number of nitrogens with one attached hydrogen (secondary N) is 7. The molecule has 20 heteroatoms. The van der Waals surface area contributed by atoms with Gasteiger partial charge in [0.15, 0.2) is 0 Å². The Morgan fingerprint density at radius 3 is 2.07 bits per heavy atom. The molecule has 8 unspecified atom stereocenters. The van der Waals surface area contributed by atoms with Gasteiger partial charge in [-0.25, -0.2) is 4.79 Å². The van der Waals surface area contributed by atoms with Gasteiger partial charge in [-0.15, -0.1) is 0 Å². The molecule has 1 aromatic heterocycles. The number of hydrogen-bond donors (Lipinski definition) is 10. The van der Waals surface area contributed by atoms with E-state index >= 15 is 0 Å². The van der Waals surface area contributed by atoms with Crippen LogP contribution in [0.3, 0.4) is 0 Å². The molecule has 1 fully saturated rings. The van der Waals surface area contributed by atoms with E-state index in [2.05, 4.69) is 36.9 Å². The highest BCUT2D eigenvalue weighted by atomic mass is 16.5. The third-order valence-corrected chi connectivity index (χ3v) is 12.1. The molecule has 1 aliphatic rings. The predicted octanol–water partition coefficient (Wildman–Crippen LogP) is -0.160. The minimum Gasteiger partial charge on any atom is -0.467 e. The summed E-state index contributed by atoms with van der Waals surface area (Å²) < 4.78 is 5.06. The van der Waals surface area contributed by atoms with Gasteiger partial charge in [0.2, 0.25) is 41.4 Å². The van der Waals surface area contributed by atoms with Crippen molar-refractivity contribution in [3.05, 3.63) is 71.9 Å². The smallest absolute Gasteiger partial charge is 0.328 e. The van der Waals surface area contributed by atoms with Crippen molar-refractivity contribution in [3.63, 3.8) is 0 Å². The van der Waals surface area contributed by atoms with Crippen molar-refractivity contribution < 1.29 is 53.3 Å². The van der Waals surface area contributed by atoms with E-state index < -0.39 is 109 Å². The van der Waals surface area contributed by atoms with Crippen molar-refractivity contribution in [3.8, 4) is 0 Å². The summed E-state index contributed by atoms with van der Waals surface area (Å²) in [5.74, 6) is -6.21. The summed E-state index contributed by atoms with van der Waals surface area (Å²) >= 11 is 0. The number of likely N-dealkylation sites (tertiary alicyclic amines) is 1. The number of β-amino-alcohol motifs (C(OH)–C–C–N with tert-alkyl or cyclic N) is 1. The highest BCUT2D eigenvalue weighted by Crippen LogP contribution is 2.22. The first kappa shape index (κ1) is 54.2. The van der Waals surface area contributed by atoms with Crippen molar-refractivity contribution >= 4 is 58.2 Å². The maximum atomic E-state index is 14.2. The average Bonchev–Trinajstić information content (AvgIpc) is 3.95. The fourth-order valence-electron chi connectivity index (χ4n) is 8.31. The van der Waals surface area contributed by atoms with E-state index in [1.54, 1.807) is 55.3 Å². The molecule has 1 saturated heterocycles. The van der Waals surface area contributed by atoms with Crippen LogP contribution in [-0.4, -0.2) is 143 Å². The first-order valence-corrected chi connectivity index (χ1v) is 23.1. The lowest BCUT2D eigenvalue weighted by Gasteiger charge is -2.33. The lowest BCUT2D eigenvalue weighted by molar-refractivity contribution is -0.145. The SMILES string of the molecule is CCC(C)C(NC(=O)C1CCCN1CC(O)[C@H](Cc1ccccc1)NC(=O)C(CC(N)=O)NC(=O)C(CC(C)C)NC(=O)C(CO)NC(C)=O)C(=O)NC(Cc1c[nH]c2ccccc12)C(=O)OC. The van der Waals surface area contributed by atoms with Gasteiger partial charge >= 0.3 is 5.97 Å². The monoisotopic (exact) mass is 948 g/mol. The fourth-order valence-corrected chi connectivity index (χ4v) is 8.31. The third-order valence-electron chi connectivity index (χ3n) is 12.1. The molecule has 11 N–H and O–H groups in total. The number of nitrogens with zero attached hydrogens (tertiary/aromatic N) is 1. The number of hydrogen-bond acceptors (Lipinski definition) is 12. The van der Waals surface area contributed by atoms with E-state index in [9.17, 15) is 48.6 Å². The van der Waals surface area contributed by atoms with Crippen LogP contribution in [0.25, 0.3) is 10.9 Å². The van der Waals surface area contributed by atoms with Gasteiger partial charge in [0.25, 0.3) is 0 Å². The number of aromatic amines is 1. The summed E-state index contributed by atoms with van der Waals surface area (Å²) in [6, 6.07) is 8.51. The molecule has 0 aliphatic carbocycles. The van der Waals surface area contributed by atoms with Crippen molar-refractivity contribution in [1.82, 2.24) is 41.8 Å². The van der Waals surface area contributed by atoms with Crippen LogP contribution in [0.5, 0.6) is 0 Å². The number of primary amides is 1. The number of nitrogens with two attached hydrogens (primary N) is 1. The summed E-state index contributed by atoms with van der Waals surface area (Å²) in [7, 11) is 1.24. The van der Waals surface area contributed by atoms with Gasteiger partial charge in [0.1, 0.15) is 30.2 Å². The zero-order valence-electron chi connectivity index (χ0n) is 39.7. The summed E-state index contributed by atoms with van der Waals surface area (Å²) in [6.07, 6.45) is 1.66. The number of fused-ring (bicyclic) bond motifs is 1. The number of carbonyl (C=O) groups excluding carboxylic acids is 8. The molecular formula is C48H69N9O11.